The summed E-state index contributed by atoms with van der Waals surface area (Å²) in [6.45, 7) is 3.71. The van der Waals surface area contributed by atoms with Crippen LogP contribution in [0, 0.1) is 0 Å². The number of benzene rings is 1. The van der Waals surface area contributed by atoms with Crippen LogP contribution in [0.2, 0.25) is 0 Å². The van der Waals surface area contributed by atoms with Crippen LogP contribution in [0.3, 0.4) is 0 Å². The Labute approximate surface area is 142 Å². The zero-order valence-electron chi connectivity index (χ0n) is 14.0. The molecule has 0 aliphatic carbocycles. The fourth-order valence-electron chi connectivity index (χ4n) is 3.72. The van der Waals surface area contributed by atoms with Gasteiger partial charge >= 0.3 is 0 Å². The summed E-state index contributed by atoms with van der Waals surface area (Å²) in [5.74, 6) is 0.0999. The number of morpholine rings is 1. The molecule has 0 saturated carbocycles. The van der Waals surface area contributed by atoms with Gasteiger partial charge in [-0.2, -0.15) is 0 Å². The largest absolute Gasteiger partial charge is 0.366 e. The molecule has 3 heterocycles. The smallest absolute Gasteiger partial charge is 0.253 e. The highest BCUT2D eigenvalue weighted by Crippen LogP contribution is 2.33. The summed E-state index contributed by atoms with van der Waals surface area (Å²) in [6.07, 6.45) is 1.73. The fourth-order valence-corrected chi connectivity index (χ4v) is 3.72. The second-order valence-corrected chi connectivity index (χ2v) is 6.59. The van der Waals surface area contributed by atoms with Crippen LogP contribution in [0.25, 0.3) is 0 Å². The van der Waals surface area contributed by atoms with Crippen molar-refractivity contribution in [3.63, 3.8) is 0 Å². The van der Waals surface area contributed by atoms with Crippen LogP contribution >= 0.6 is 0 Å². The second kappa shape index (κ2) is 6.42. The molecule has 5 nitrogen and oxygen atoms in total. The summed E-state index contributed by atoms with van der Waals surface area (Å²) in [7, 11) is 2.04. The number of carbonyl (C=O) groups is 1. The van der Waals surface area contributed by atoms with E-state index in [1.54, 1.807) is 0 Å². The topological polar surface area (TPSA) is 37.7 Å². The van der Waals surface area contributed by atoms with Crippen molar-refractivity contribution in [2.75, 3.05) is 33.3 Å². The van der Waals surface area contributed by atoms with E-state index in [1.165, 1.54) is 5.69 Å². The van der Waals surface area contributed by atoms with Crippen LogP contribution in [0.15, 0.2) is 48.7 Å². The van der Waals surface area contributed by atoms with E-state index in [1.807, 2.05) is 30.1 Å². The maximum Gasteiger partial charge on any atom is 0.253 e. The lowest BCUT2D eigenvalue weighted by Gasteiger charge is -2.40. The number of hydrogen-bond donors (Lipinski definition) is 0. The molecule has 2 unspecified atom stereocenters. The van der Waals surface area contributed by atoms with Gasteiger partial charge in [-0.15, -0.1) is 0 Å². The minimum Gasteiger partial charge on any atom is -0.366 e. The van der Waals surface area contributed by atoms with Gasteiger partial charge in [0.2, 0.25) is 0 Å². The lowest BCUT2D eigenvalue weighted by atomic mass is 9.99. The van der Waals surface area contributed by atoms with Gasteiger partial charge in [0.05, 0.1) is 12.6 Å². The second-order valence-electron chi connectivity index (χ2n) is 6.59. The van der Waals surface area contributed by atoms with Gasteiger partial charge in [-0.1, -0.05) is 30.3 Å². The van der Waals surface area contributed by atoms with E-state index in [0.29, 0.717) is 19.7 Å². The predicted octanol–water partition coefficient (Wildman–Crippen LogP) is 1.75. The molecule has 2 atom stereocenters. The van der Waals surface area contributed by atoms with E-state index in [9.17, 15) is 4.79 Å². The lowest BCUT2D eigenvalue weighted by molar-refractivity contribution is -0.151. The Kier molecular flexibility index (Phi) is 4.12. The van der Waals surface area contributed by atoms with E-state index >= 15 is 0 Å². The fraction of sp³-hybridized carbons (Fsp3) is 0.421. The highest BCUT2D eigenvalue weighted by atomic mass is 16.5. The Balaban J connectivity index is 1.67. The minimum atomic E-state index is -0.364. The van der Waals surface area contributed by atoms with Crippen molar-refractivity contribution >= 4 is 5.91 Å². The van der Waals surface area contributed by atoms with E-state index < -0.39 is 0 Å². The number of likely N-dealkylation sites (N-methyl/N-ethyl adjacent to an activating group) is 1. The van der Waals surface area contributed by atoms with Crippen molar-refractivity contribution in [1.29, 1.82) is 0 Å². The Morgan fingerprint density at radius 3 is 2.71 bits per heavy atom. The third kappa shape index (κ3) is 2.74. The molecule has 5 heteroatoms. The first kappa shape index (κ1) is 15.4. The summed E-state index contributed by atoms with van der Waals surface area (Å²) >= 11 is 0. The molecule has 1 aromatic carbocycles. The molecular formula is C19H23N3O2. The van der Waals surface area contributed by atoms with Crippen molar-refractivity contribution in [3.8, 4) is 0 Å². The van der Waals surface area contributed by atoms with Gasteiger partial charge in [-0.05, 0) is 24.7 Å². The van der Waals surface area contributed by atoms with Gasteiger partial charge in [0.15, 0.2) is 0 Å². The number of rotatable bonds is 2. The molecule has 0 bridgehead atoms. The highest BCUT2D eigenvalue weighted by molar-refractivity contribution is 5.82. The van der Waals surface area contributed by atoms with Crippen LogP contribution in [-0.4, -0.2) is 59.7 Å². The monoisotopic (exact) mass is 325 g/mol. The Morgan fingerprint density at radius 1 is 1.08 bits per heavy atom. The molecule has 2 aromatic rings. The van der Waals surface area contributed by atoms with Crippen LogP contribution in [0.1, 0.15) is 17.3 Å². The first-order chi connectivity index (χ1) is 11.7. The predicted molar refractivity (Wildman–Crippen MR) is 91.7 cm³/mol. The zero-order chi connectivity index (χ0) is 16.5. The molecule has 126 valence electrons. The zero-order valence-corrected chi connectivity index (χ0v) is 14.0. The Hall–Kier alpha value is -2.11. The van der Waals surface area contributed by atoms with Crippen LogP contribution in [0.4, 0.5) is 0 Å². The average molecular weight is 325 g/mol. The van der Waals surface area contributed by atoms with Crippen LogP contribution in [-0.2, 0) is 16.1 Å². The van der Waals surface area contributed by atoms with Crippen molar-refractivity contribution in [1.82, 2.24) is 14.4 Å². The summed E-state index contributed by atoms with van der Waals surface area (Å²) in [6, 6.07) is 14.4. The van der Waals surface area contributed by atoms with Gasteiger partial charge in [-0.25, -0.2) is 0 Å². The molecule has 2 aliphatic rings. The number of carbonyl (C=O) groups excluding carboxylic acids is 1. The summed E-state index contributed by atoms with van der Waals surface area (Å²) in [5, 5.41) is 0. The quantitative estimate of drug-likeness (QED) is 0.844. The van der Waals surface area contributed by atoms with E-state index in [4.69, 9.17) is 4.74 Å². The molecular weight excluding hydrogens is 302 g/mol. The third-order valence-electron chi connectivity index (χ3n) is 4.98. The van der Waals surface area contributed by atoms with Gasteiger partial charge < -0.3 is 19.1 Å². The molecule has 1 saturated heterocycles. The molecule has 24 heavy (non-hydrogen) atoms. The maximum absolute atomic E-state index is 13.2. The van der Waals surface area contributed by atoms with E-state index in [-0.39, 0.29) is 18.1 Å². The molecule has 1 amide bonds. The summed E-state index contributed by atoms with van der Waals surface area (Å²) in [5.41, 5.74) is 2.32. The third-order valence-corrected chi connectivity index (χ3v) is 4.98. The normalized spacial score (nSPS) is 24.6. The molecule has 1 aromatic heterocycles. The van der Waals surface area contributed by atoms with Gasteiger partial charge in [0, 0.05) is 38.1 Å². The average Bonchev–Trinajstić information content (AvgIpc) is 3.09. The summed E-state index contributed by atoms with van der Waals surface area (Å²) in [4.78, 5) is 17.3. The number of fused-ring (bicyclic) bond motifs is 1. The minimum absolute atomic E-state index is 0.0433. The number of amides is 1. The molecule has 1 fully saturated rings. The highest BCUT2D eigenvalue weighted by Gasteiger charge is 2.37. The maximum atomic E-state index is 13.2. The number of hydrogen-bond acceptors (Lipinski definition) is 3. The van der Waals surface area contributed by atoms with Crippen LogP contribution in [0.5, 0.6) is 0 Å². The van der Waals surface area contributed by atoms with Gasteiger partial charge in [-0.3, -0.25) is 4.79 Å². The summed E-state index contributed by atoms with van der Waals surface area (Å²) < 4.78 is 8.02. The number of aromatic nitrogens is 1. The van der Waals surface area contributed by atoms with E-state index in [2.05, 4.69) is 39.9 Å². The van der Waals surface area contributed by atoms with Crippen molar-refractivity contribution < 1.29 is 9.53 Å². The molecule has 4 rings (SSSR count). The first-order valence-corrected chi connectivity index (χ1v) is 8.54. The van der Waals surface area contributed by atoms with Crippen LogP contribution < -0.4 is 0 Å². The van der Waals surface area contributed by atoms with Crippen molar-refractivity contribution in [2.24, 2.45) is 0 Å². The molecule has 0 N–H and O–H groups in total. The van der Waals surface area contributed by atoms with E-state index in [0.717, 1.165) is 18.7 Å². The van der Waals surface area contributed by atoms with Crippen molar-refractivity contribution in [3.05, 3.63) is 59.9 Å². The van der Waals surface area contributed by atoms with Gasteiger partial charge in [0.25, 0.3) is 5.91 Å². The molecule has 0 spiro atoms. The first-order valence-electron chi connectivity index (χ1n) is 8.54. The molecule has 0 radical (unpaired) electrons. The standard InChI is InChI=1S/C19H23N3O2/c1-20-12-13-24-17(14-20)19(23)22-11-10-21-9-5-8-16(21)18(22)15-6-3-2-4-7-15/h2-9,17-18H,10-14H2,1H3. The van der Waals surface area contributed by atoms with Crippen molar-refractivity contribution in [2.45, 2.75) is 18.7 Å². The van der Waals surface area contributed by atoms with Gasteiger partial charge in [0.1, 0.15) is 6.10 Å². The SMILES string of the molecule is CN1CCOC(C(=O)N2CCn3cccc3C2c2ccccc2)C1. The lowest BCUT2D eigenvalue weighted by Crippen LogP contribution is -2.52. The Morgan fingerprint density at radius 2 is 1.92 bits per heavy atom. The Bertz CT molecular complexity index is 712. The number of nitrogens with zero attached hydrogens (tertiary/aromatic N) is 3. The number of ether oxygens (including phenoxy) is 1. The molecule has 2 aliphatic heterocycles.